The summed E-state index contributed by atoms with van der Waals surface area (Å²) < 4.78 is 1.87. The molecular formula is C13H16N2OS. The fourth-order valence-electron chi connectivity index (χ4n) is 1.99. The standard InChI is InChI=1S/C13H16N2OS/c1-9-12(10(2)15(3)14-9)4-5-13(16)11-6-7-17-8-11/h6-8H,4-5H2,1-3H3. The van der Waals surface area contributed by atoms with Crippen molar-refractivity contribution < 1.29 is 4.79 Å². The highest BCUT2D eigenvalue weighted by Crippen LogP contribution is 2.16. The van der Waals surface area contributed by atoms with Gasteiger partial charge in [0.15, 0.2) is 5.78 Å². The molecule has 2 aromatic heterocycles. The number of aryl methyl sites for hydroxylation is 2. The largest absolute Gasteiger partial charge is 0.294 e. The molecule has 4 heteroatoms. The summed E-state index contributed by atoms with van der Waals surface area (Å²) in [5.74, 6) is 0.217. The molecule has 0 aliphatic carbocycles. The van der Waals surface area contributed by atoms with Crippen molar-refractivity contribution >= 4 is 17.1 Å². The first-order chi connectivity index (χ1) is 8.09. The van der Waals surface area contributed by atoms with Crippen LogP contribution < -0.4 is 0 Å². The fourth-order valence-corrected chi connectivity index (χ4v) is 2.65. The number of hydrogen-bond donors (Lipinski definition) is 0. The maximum Gasteiger partial charge on any atom is 0.164 e. The summed E-state index contributed by atoms with van der Waals surface area (Å²) >= 11 is 1.56. The van der Waals surface area contributed by atoms with Gasteiger partial charge in [-0.3, -0.25) is 9.48 Å². The van der Waals surface area contributed by atoms with Crippen LogP contribution in [0, 0.1) is 13.8 Å². The number of carbonyl (C=O) groups is 1. The third-order valence-electron chi connectivity index (χ3n) is 3.10. The van der Waals surface area contributed by atoms with E-state index >= 15 is 0 Å². The van der Waals surface area contributed by atoms with Gasteiger partial charge in [-0.1, -0.05) is 0 Å². The van der Waals surface area contributed by atoms with E-state index in [1.54, 1.807) is 11.3 Å². The minimum Gasteiger partial charge on any atom is -0.294 e. The van der Waals surface area contributed by atoms with Crippen LogP contribution in [-0.2, 0) is 13.5 Å². The minimum absolute atomic E-state index is 0.217. The molecule has 0 atom stereocenters. The highest BCUT2D eigenvalue weighted by Gasteiger charge is 2.12. The minimum atomic E-state index is 0.217. The molecule has 3 nitrogen and oxygen atoms in total. The predicted octanol–water partition coefficient (Wildman–Crippen LogP) is 2.91. The lowest BCUT2D eigenvalue weighted by molar-refractivity contribution is 0.0983. The van der Waals surface area contributed by atoms with Crippen LogP contribution in [0.15, 0.2) is 16.8 Å². The molecule has 0 unspecified atom stereocenters. The average Bonchev–Trinajstić information content (AvgIpc) is 2.88. The summed E-state index contributed by atoms with van der Waals surface area (Å²) in [6, 6.07) is 1.88. The topological polar surface area (TPSA) is 34.9 Å². The summed E-state index contributed by atoms with van der Waals surface area (Å²) in [6.07, 6.45) is 1.34. The molecular weight excluding hydrogens is 232 g/mol. The first kappa shape index (κ1) is 12.0. The number of hydrogen-bond acceptors (Lipinski definition) is 3. The maximum atomic E-state index is 11.9. The van der Waals surface area contributed by atoms with Crippen molar-refractivity contribution in [2.75, 3.05) is 0 Å². The van der Waals surface area contributed by atoms with Gasteiger partial charge in [0.1, 0.15) is 0 Å². The Kier molecular flexibility index (Phi) is 3.43. The van der Waals surface area contributed by atoms with Gasteiger partial charge in [-0.2, -0.15) is 16.4 Å². The van der Waals surface area contributed by atoms with Crippen molar-refractivity contribution in [1.29, 1.82) is 0 Å². The van der Waals surface area contributed by atoms with Crippen molar-refractivity contribution in [2.24, 2.45) is 7.05 Å². The highest BCUT2D eigenvalue weighted by molar-refractivity contribution is 7.08. The third kappa shape index (κ3) is 2.47. The Balaban J connectivity index is 2.05. The van der Waals surface area contributed by atoms with Gasteiger partial charge in [0, 0.05) is 30.1 Å². The summed E-state index contributed by atoms with van der Waals surface area (Å²) in [5, 5.41) is 8.21. The second kappa shape index (κ2) is 4.84. The monoisotopic (exact) mass is 248 g/mol. The molecule has 90 valence electrons. The van der Waals surface area contributed by atoms with Gasteiger partial charge < -0.3 is 0 Å². The molecule has 2 heterocycles. The lowest BCUT2D eigenvalue weighted by Gasteiger charge is -2.01. The molecule has 0 bridgehead atoms. The van der Waals surface area contributed by atoms with Crippen LogP contribution >= 0.6 is 11.3 Å². The zero-order chi connectivity index (χ0) is 12.4. The fraction of sp³-hybridized carbons (Fsp3) is 0.385. The Bertz CT molecular complexity index is 526. The van der Waals surface area contributed by atoms with E-state index in [0.29, 0.717) is 6.42 Å². The summed E-state index contributed by atoms with van der Waals surface area (Å²) in [4.78, 5) is 11.9. The van der Waals surface area contributed by atoms with Gasteiger partial charge in [0.05, 0.1) is 5.69 Å². The normalized spacial score (nSPS) is 10.8. The summed E-state index contributed by atoms with van der Waals surface area (Å²) in [7, 11) is 1.94. The smallest absolute Gasteiger partial charge is 0.164 e. The van der Waals surface area contributed by atoms with Crippen LogP contribution in [0.5, 0.6) is 0 Å². The quantitative estimate of drug-likeness (QED) is 0.780. The summed E-state index contributed by atoms with van der Waals surface area (Å²) in [5.41, 5.74) is 4.22. The van der Waals surface area contributed by atoms with Crippen LogP contribution in [0.2, 0.25) is 0 Å². The zero-order valence-electron chi connectivity index (χ0n) is 10.4. The second-order valence-corrected chi connectivity index (χ2v) is 4.99. The number of ketones is 1. The number of carbonyl (C=O) groups excluding carboxylic acids is 1. The van der Waals surface area contributed by atoms with Gasteiger partial charge >= 0.3 is 0 Å². The first-order valence-electron chi connectivity index (χ1n) is 5.64. The van der Waals surface area contributed by atoms with E-state index in [1.807, 2.05) is 42.4 Å². The SMILES string of the molecule is Cc1nn(C)c(C)c1CCC(=O)c1ccsc1. The zero-order valence-corrected chi connectivity index (χ0v) is 11.2. The van der Waals surface area contributed by atoms with Crippen molar-refractivity contribution in [3.63, 3.8) is 0 Å². The van der Waals surface area contributed by atoms with Crippen LogP contribution in [0.25, 0.3) is 0 Å². The van der Waals surface area contributed by atoms with Gasteiger partial charge in [-0.05, 0) is 37.3 Å². The van der Waals surface area contributed by atoms with Crippen LogP contribution in [0.3, 0.4) is 0 Å². The maximum absolute atomic E-state index is 11.9. The van der Waals surface area contributed by atoms with Crippen LogP contribution in [-0.4, -0.2) is 15.6 Å². The molecule has 0 saturated heterocycles. The number of aromatic nitrogens is 2. The van der Waals surface area contributed by atoms with E-state index in [2.05, 4.69) is 5.10 Å². The molecule has 2 aromatic rings. The number of nitrogens with zero attached hydrogens (tertiary/aromatic N) is 2. The number of Topliss-reactive ketones (excluding diaryl/α,β-unsaturated/α-hetero) is 1. The lowest BCUT2D eigenvalue weighted by Crippen LogP contribution is -2.01. The van der Waals surface area contributed by atoms with Gasteiger partial charge in [-0.25, -0.2) is 0 Å². The average molecular weight is 248 g/mol. The first-order valence-corrected chi connectivity index (χ1v) is 6.58. The lowest BCUT2D eigenvalue weighted by atomic mass is 10.0. The third-order valence-corrected chi connectivity index (χ3v) is 3.79. The Hall–Kier alpha value is -1.42. The molecule has 0 radical (unpaired) electrons. The molecule has 0 aromatic carbocycles. The van der Waals surface area contributed by atoms with Gasteiger partial charge in [-0.15, -0.1) is 0 Å². The van der Waals surface area contributed by atoms with Crippen molar-refractivity contribution in [1.82, 2.24) is 9.78 Å². The van der Waals surface area contributed by atoms with E-state index < -0.39 is 0 Å². The van der Waals surface area contributed by atoms with E-state index in [0.717, 1.165) is 23.4 Å². The van der Waals surface area contributed by atoms with E-state index in [4.69, 9.17) is 0 Å². The molecule has 0 aliphatic rings. The number of rotatable bonds is 4. The van der Waals surface area contributed by atoms with Crippen molar-refractivity contribution in [2.45, 2.75) is 26.7 Å². The molecule has 0 spiro atoms. The van der Waals surface area contributed by atoms with E-state index in [-0.39, 0.29) is 5.78 Å². The molecule has 17 heavy (non-hydrogen) atoms. The Morgan fingerprint density at radius 3 is 2.76 bits per heavy atom. The molecule has 0 aliphatic heterocycles. The van der Waals surface area contributed by atoms with E-state index in [1.165, 1.54) is 5.56 Å². The predicted molar refractivity (Wildman–Crippen MR) is 69.7 cm³/mol. The second-order valence-electron chi connectivity index (χ2n) is 4.21. The molecule has 0 N–H and O–H groups in total. The Labute approximate surface area is 105 Å². The summed E-state index contributed by atoms with van der Waals surface area (Å²) in [6.45, 7) is 4.04. The van der Waals surface area contributed by atoms with Crippen molar-refractivity contribution in [3.8, 4) is 0 Å². The van der Waals surface area contributed by atoms with E-state index in [9.17, 15) is 4.79 Å². The Morgan fingerprint density at radius 1 is 1.47 bits per heavy atom. The van der Waals surface area contributed by atoms with Crippen molar-refractivity contribution in [3.05, 3.63) is 39.3 Å². The molecule has 0 amide bonds. The molecule has 0 saturated carbocycles. The number of thiophene rings is 1. The molecule has 0 fully saturated rings. The Morgan fingerprint density at radius 2 is 2.24 bits per heavy atom. The van der Waals surface area contributed by atoms with Crippen LogP contribution in [0.1, 0.15) is 33.7 Å². The van der Waals surface area contributed by atoms with Gasteiger partial charge in [0.25, 0.3) is 0 Å². The molecule has 2 rings (SSSR count). The highest BCUT2D eigenvalue weighted by atomic mass is 32.1. The van der Waals surface area contributed by atoms with Gasteiger partial charge in [0.2, 0.25) is 0 Å². The van der Waals surface area contributed by atoms with Crippen LogP contribution in [0.4, 0.5) is 0 Å².